The molecule has 0 fully saturated rings. The van der Waals surface area contributed by atoms with Crippen LogP contribution in [0.5, 0.6) is 0 Å². The third-order valence-electron chi connectivity index (χ3n) is 2.73. The molecule has 0 bridgehead atoms. The summed E-state index contributed by atoms with van der Waals surface area (Å²) in [5, 5.41) is 8.65. The average Bonchev–Trinajstić information content (AvgIpc) is 2.77. The highest BCUT2D eigenvalue weighted by atomic mass is 32.1. The van der Waals surface area contributed by atoms with E-state index in [0.29, 0.717) is 6.42 Å². The van der Waals surface area contributed by atoms with Crippen molar-refractivity contribution in [3.63, 3.8) is 0 Å². The van der Waals surface area contributed by atoms with Crippen LogP contribution < -0.4 is 0 Å². The molecule has 0 spiro atoms. The van der Waals surface area contributed by atoms with E-state index in [0.717, 1.165) is 17.0 Å². The maximum atomic E-state index is 10.5. The number of thiazole rings is 1. The molecule has 0 saturated carbocycles. The van der Waals surface area contributed by atoms with Crippen molar-refractivity contribution in [2.45, 2.75) is 26.2 Å². The van der Waals surface area contributed by atoms with Crippen LogP contribution in [0.3, 0.4) is 0 Å². The number of nitrogens with zero attached hydrogens (tertiary/aromatic N) is 1. The Morgan fingerprint density at radius 2 is 2.28 bits per heavy atom. The van der Waals surface area contributed by atoms with Gasteiger partial charge in [0, 0.05) is 6.42 Å². The molecule has 0 aliphatic carbocycles. The van der Waals surface area contributed by atoms with Crippen molar-refractivity contribution >= 4 is 17.3 Å². The summed E-state index contributed by atoms with van der Waals surface area (Å²) in [6.45, 7) is 2.06. The summed E-state index contributed by atoms with van der Waals surface area (Å²) in [4.78, 5) is 16.0. The normalized spacial score (nSPS) is 10.5. The van der Waals surface area contributed by atoms with Gasteiger partial charge < -0.3 is 5.11 Å². The highest BCUT2D eigenvalue weighted by Crippen LogP contribution is 2.29. The third kappa shape index (κ3) is 3.17. The Morgan fingerprint density at radius 3 is 3.00 bits per heavy atom. The smallest absolute Gasteiger partial charge is 0.303 e. The van der Waals surface area contributed by atoms with Crippen molar-refractivity contribution in [3.8, 4) is 10.4 Å². The van der Waals surface area contributed by atoms with Crippen LogP contribution in [0.25, 0.3) is 10.4 Å². The first-order valence-electron chi connectivity index (χ1n) is 5.88. The molecule has 0 radical (unpaired) electrons. The zero-order chi connectivity index (χ0) is 13.0. The molecule has 2 aromatic rings. The third-order valence-corrected chi connectivity index (χ3v) is 3.64. The molecule has 94 valence electrons. The SMILES string of the molecule is Cc1cccc(-c2scnc2CCCC(=O)O)c1. The van der Waals surface area contributed by atoms with Gasteiger partial charge in [0.2, 0.25) is 0 Å². The molecule has 2 rings (SSSR count). The van der Waals surface area contributed by atoms with Gasteiger partial charge in [-0.15, -0.1) is 11.3 Å². The topological polar surface area (TPSA) is 50.2 Å². The minimum absolute atomic E-state index is 0.199. The van der Waals surface area contributed by atoms with E-state index >= 15 is 0 Å². The number of aliphatic carboxylic acids is 1. The minimum atomic E-state index is -0.748. The molecule has 0 aliphatic heterocycles. The second kappa shape index (κ2) is 5.78. The number of carboxylic acid groups (broad SMARTS) is 1. The Kier molecular flexibility index (Phi) is 4.10. The quantitative estimate of drug-likeness (QED) is 0.895. The van der Waals surface area contributed by atoms with E-state index in [1.165, 1.54) is 11.1 Å². The van der Waals surface area contributed by atoms with Gasteiger partial charge >= 0.3 is 5.97 Å². The first-order chi connectivity index (χ1) is 8.66. The molecule has 0 saturated heterocycles. The van der Waals surface area contributed by atoms with Crippen LogP contribution in [0.2, 0.25) is 0 Å². The fourth-order valence-corrected chi connectivity index (χ4v) is 2.71. The summed E-state index contributed by atoms with van der Waals surface area (Å²) >= 11 is 1.61. The summed E-state index contributed by atoms with van der Waals surface area (Å²) in [7, 11) is 0. The van der Waals surface area contributed by atoms with Gasteiger partial charge in [0.1, 0.15) is 0 Å². The summed E-state index contributed by atoms with van der Waals surface area (Å²) in [6.07, 6.45) is 1.56. The zero-order valence-corrected chi connectivity index (χ0v) is 11.0. The van der Waals surface area contributed by atoms with E-state index in [9.17, 15) is 4.79 Å². The summed E-state index contributed by atoms with van der Waals surface area (Å²) in [6, 6.07) is 8.30. The molecule has 3 nitrogen and oxygen atoms in total. The maximum Gasteiger partial charge on any atom is 0.303 e. The van der Waals surface area contributed by atoms with E-state index in [2.05, 4.69) is 30.1 Å². The van der Waals surface area contributed by atoms with Gasteiger partial charge in [0.05, 0.1) is 16.1 Å². The Balaban J connectivity index is 2.15. The highest BCUT2D eigenvalue weighted by molar-refractivity contribution is 7.13. The van der Waals surface area contributed by atoms with Crippen LogP contribution in [0.4, 0.5) is 0 Å². The number of carbonyl (C=O) groups is 1. The number of carboxylic acids is 1. The van der Waals surface area contributed by atoms with Gasteiger partial charge in [-0.3, -0.25) is 4.79 Å². The summed E-state index contributed by atoms with van der Waals surface area (Å²) in [5.41, 5.74) is 5.22. The number of hydrogen-bond acceptors (Lipinski definition) is 3. The first-order valence-corrected chi connectivity index (χ1v) is 6.76. The molecule has 0 amide bonds. The largest absolute Gasteiger partial charge is 0.481 e. The lowest BCUT2D eigenvalue weighted by atomic mass is 10.1. The maximum absolute atomic E-state index is 10.5. The number of hydrogen-bond donors (Lipinski definition) is 1. The molecular formula is C14H15NO2S. The molecule has 0 aliphatic rings. The second-order valence-electron chi connectivity index (χ2n) is 4.24. The Hall–Kier alpha value is -1.68. The number of rotatable bonds is 5. The van der Waals surface area contributed by atoms with Crippen molar-refractivity contribution in [1.82, 2.24) is 4.98 Å². The number of aromatic nitrogens is 1. The van der Waals surface area contributed by atoms with E-state index in [1.54, 1.807) is 11.3 Å². The first kappa shape index (κ1) is 12.8. The van der Waals surface area contributed by atoms with Gasteiger partial charge in [0.15, 0.2) is 0 Å². The van der Waals surface area contributed by atoms with Crippen LogP contribution in [-0.2, 0) is 11.2 Å². The van der Waals surface area contributed by atoms with Crippen LogP contribution in [0, 0.1) is 6.92 Å². The molecule has 1 N–H and O–H groups in total. The second-order valence-corrected chi connectivity index (χ2v) is 5.10. The fraction of sp³-hybridized carbons (Fsp3) is 0.286. The lowest BCUT2D eigenvalue weighted by molar-refractivity contribution is -0.137. The number of benzene rings is 1. The van der Waals surface area contributed by atoms with Crippen LogP contribution in [0.1, 0.15) is 24.1 Å². The molecule has 1 heterocycles. The minimum Gasteiger partial charge on any atom is -0.481 e. The fourth-order valence-electron chi connectivity index (χ4n) is 1.88. The van der Waals surface area contributed by atoms with E-state index < -0.39 is 5.97 Å². The van der Waals surface area contributed by atoms with E-state index in [-0.39, 0.29) is 6.42 Å². The standard InChI is InChI=1S/C14H15NO2S/c1-10-4-2-5-11(8-10)14-12(15-9-18-14)6-3-7-13(16)17/h2,4-5,8-9H,3,6-7H2,1H3,(H,16,17). The van der Waals surface area contributed by atoms with Crippen molar-refractivity contribution in [1.29, 1.82) is 0 Å². The van der Waals surface area contributed by atoms with Crippen molar-refractivity contribution in [2.75, 3.05) is 0 Å². The van der Waals surface area contributed by atoms with Crippen LogP contribution in [-0.4, -0.2) is 16.1 Å². The van der Waals surface area contributed by atoms with Gasteiger partial charge in [-0.2, -0.15) is 0 Å². The summed E-state index contributed by atoms with van der Waals surface area (Å²) in [5.74, 6) is -0.748. The van der Waals surface area contributed by atoms with Crippen LogP contribution in [0.15, 0.2) is 29.8 Å². The van der Waals surface area contributed by atoms with Crippen molar-refractivity contribution in [3.05, 3.63) is 41.0 Å². The van der Waals surface area contributed by atoms with Crippen molar-refractivity contribution in [2.24, 2.45) is 0 Å². The molecule has 1 aromatic heterocycles. The average molecular weight is 261 g/mol. The lowest BCUT2D eigenvalue weighted by Crippen LogP contribution is -1.96. The molecule has 1 aromatic carbocycles. The Bertz CT molecular complexity index is 548. The predicted molar refractivity (Wildman–Crippen MR) is 72.9 cm³/mol. The summed E-state index contributed by atoms with van der Waals surface area (Å²) < 4.78 is 0. The number of aryl methyl sites for hydroxylation is 2. The molecule has 18 heavy (non-hydrogen) atoms. The highest BCUT2D eigenvalue weighted by Gasteiger charge is 2.09. The van der Waals surface area contributed by atoms with Crippen molar-refractivity contribution < 1.29 is 9.90 Å². The molecule has 0 atom stereocenters. The van der Waals surface area contributed by atoms with Gasteiger partial charge in [-0.25, -0.2) is 4.98 Å². The van der Waals surface area contributed by atoms with Gasteiger partial charge in [0.25, 0.3) is 0 Å². The van der Waals surface area contributed by atoms with E-state index in [1.807, 2.05) is 11.6 Å². The zero-order valence-electron chi connectivity index (χ0n) is 10.2. The van der Waals surface area contributed by atoms with Gasteiger partial charge in [-0.05, 0) is 25.3 Å². The Labute approximate surface area is 110 Å². The lowest BCUT2D eigenvalue weighted by Gasteiger charge is -2.03. The molecule has 0 unspecified atom stereocenters. The van der Waals surface area contributed by atoms with Gasteiger partial charge in [-0.1, -0.05) is 29.8 Å². The Morgan fingerprint density at radius 1 is 1.44 bits per heavy atom. The van der Waals surface area contributed by atoms with Crippen LogP contribution >= 0.6 is 11.3 Å². The predicted octanol–water partition coefficient (Wildman–Crippen LogP) is 3.53. The van der Waals surface area contributed by atoms with E-state index in [4.69, 9.17) is 5.11 Å². The molecule has 4 heteroatoms. The monoisotopic (exact) mass is 261 g/mol. The molecular weight excluding hydrogens is 246 g/mol.